The highest BCUT2D eigenvalue weighted by atomic mass is 15.2. The average molecular weight is 241 g/mol. The molecule has 0 bridgehead atoms. The van der Waals surface area contributed by atoms with Crippen molar-refractivity contribution in [2.24, 2.45) is 0 Å². The molecule has 3 rings (SSSR count). The number of hydrogen-bond donors (Lipinski definition) is 2. The number of hydrogen-bond acceptors (Lipinski definition) is 2. The number of nitrogens with one attached hydrogen (secondary N) is 2. The molecule has 3 heteroatoms. The van der Waals surface area contributed by atoms with Gasteiger partial charge in [-0.05, 0) is 23.3 Å². The molecule has 1 aliphatic rings. The highest BCUT2D eigenvalue weighted by Gasteiger charge is 2.09. The Balaban J connectivity index is 1.67. The lowest BCUT2D eigenvalue weighted by atomic mass is 10.1. The second-order valence-electron chi connectivity index (χ2n) is 4.81. The molecule has 2 N–H and O–H groups in total. The van der Waals surface area contributed by atoms with E-state index in [-0.39, 0.29) is 0 Å². The molecule has 0 aliphatic carbocycles. The van der Waals surface area contributed by atoms with Crippen LogP contribution in [0, 0.1) is 0 Å². The van der Waals surface area contributed by atoms with Crippen molar-refractivity contribution in [2.75, 3.05) is 26.2 Å². The van der Waals surface area contributed by atoms with Gasteiger partial charge >= 0.3 is 0 Å². The number of nitrogens with zero attached hydrogens (tertiary/aromatic N) is 1. The van der Waals surface area contributed by atoms with E-state index in [1.165, 1.54) is 16.8 Å². The van der Waals surface area contributed by atoms with Gasteiger partial charge in [0.15, 0.2) is 0 Å². The van der Waals surface area contributed by atoms with Crippen LogP contribution in [0.2, 0.25) is 0 Å². The maximum atomic E-state index is 3.38. The van der Waals surface area contributed by atoms with Gasteiger partial charge in [-0.25, -0.2) is 0 Å². The van der Waals surface area contributed by atoms with E-state index in [1.807, 2.05) is 12.3 Å². The Bertz CT molecular complexity index is 467. The molecule has 0 saturated carbocycles. The number of aromatic nitrogens is 1. The lowest BCUT2D eigenvalue weighted by molar-refractivity contribution is 0.233. The molecule has 0 unspecified atom stereocenters. The molecule has 1 aromatic carbocycles. The maximum absolute atomic E-state index is 3.38. The van der Waals surface area contributed by atoms with Gasteiger partial charge in [0.1, 0.15) is 0 Å². The summed E-state index contributed by atoms with van der Waals surface area (Å²) in [5.74, 6) is 0. The van der Waals surface area contributed by atoms with E-state index in [9.17, 15) is 0 Å². The second-order valence-corrected chi connectivity index (χ2v) is 4.81. The van der Waals surface area contributed by atoms with Crippen LogP contribution in [0.15, 0.2) is 42.6 Å². The minimum atomic E-state index is 1.06. The summed E-state index contributed by atoms with van der Waals surface area (Å²) in [5, 5.41) is 3.38. The predicted octanol–water partition coefficient (Wildman–Crippen LogP) is 2.09. The molecule has 94 valence electrons. The van der Waals surface area contributed by atoms with Crippen molar-refractivity contribution < 1.29 is 0 Å². The van der Waals surface area contributed by atoms with Crippen molar-refractivity contribution in [3.8, 4) is 11.3 Å². The highest BCUT2D eigenvalue weighted by molar-refractivity contribution is 5.59. The lowest BCUT2D eigenvalue weighted by Gasteiger charge is -2.27. The predicted molar refractivity (Wildman–Crippen MR) is 74.4 cm³/mol. The van der Waals surface area contributed by atoms with E-state index in [1.54, 1.807) is 0 Å². The van der Waals surface area contributed by atoms with Crippen LogP contribution < -0.4 is 5.32 Å². The molecule has 0 amide bonds. The van der Waals surface area contributed by atoms with Crippen molar-refractivity contribution in [2.45, 2.75) is 6.54 Å². The Kier molecular flexibility index (Phi) is 3.44. The summed E-state index contributed by atoms with van der Waals surface area (Å²) in [5.41, 5.74) is 3.83. The zero-order valence-electron chi connectivity index (χ0n) is 10.5. The van der Waals surface area contributed by atoms with E-state index in [0.717, 1.165) is 32.7 Å². The Labute approximate surface area is 108 Å². The quantitative estimate of drug-likeness (QED) is 0.862. The third-order valence-electron chi connectivity index (χ3n) is 3.48. The Morgan fingerprint density at radius 2 is 1.78 bits per heavy atom. The Morgan fingerprint density at radius 1 is 1.00 bits per heavy atom. The number of benzene rings is 1. The molecule has 0 spiro atoms. The fraction of sp³-hybridized carbons (Fsp3) is 0.333. The van der Waals surface area contributed by atoms with Gasteiger partial charge in [-0.2, -0.15) is 0 Å². The summed E-state index contributed by atoms with van der Waals surface area (Å²) in [7, 11) is 0. The Morgan fingerprint density at radius 3 is 2.44 bits per heavy atom. The molecule has 18 heavy (non-hydrogen) atoms. The molecule has 1 aliphatic heterocycles. The van der Waals surface area contributed by atoms with Crippen molar-refractivity contribution in [3.05, 3.63) is 48.2 Å². The van der Waals surface area contributed by atoms with E-state index in [0.29, 0.717) is 0 Å². The van der Waals surface area contributed by atoms with Gasteiger partial charge in [-0.15, -0.1) is 0 Å². The summed E-state index contributed by atoms with van der Waals surface area (Å²) < 4.78 is 0. The smallest absolute Gasteiger partial charge is 0.0453 e. The minimum absolute atomic E-state index is 1.06. The monoisotopic (exact) mass is 241 g/mol. The molecule has 1 aromatic heterocycles. The van der Waals surface area contributed by atoms with Crippen LogP contribution in [0.1, 0.15) is 5.56 Å². The normalized spacial score (nSPS) is 16.9. The number of aromatic amines is 1. The van der Waals surface area contributed by atoms with Gasteiger partial charge in [-0.3, -0.25) is 4.90 Å². The standard InChI is InChI=1S/C15H19N3/c1-2-15(17-7-1)14-5-3-13(4-6-14)12-18-10-8-16-9-11-18/h1-7,16-17H,8-12H2. The van der Waals surface area contributed by atoms with Gasteiger partial charge in [0.2, 0.25) is 0 Å². The first-order valence-electron chi connectivity index (χ1n) is 6.57. The van der Waals surface area contributed by atoms with Crippen LogP contribution >= 0.6 is 0 Å². The van der Waals surface area contributed by atoms with Crippen LogP contribution in [-0.2, 0) is 6.54 Å². The molecule has 3 nitrogen and oxygen atoms in total. The van der Waals surface area contributed by atoms with Crippen LogP contribution in [0.5, 0.6) is 0 Å². The fourth-order valence-corrected chi connectivity index (χ4v) is 2.43. The summed E-state index contributed by atoms with van der Waals surface area (Å²) in [6.45, 7) is 5.59. The van der Waals surface area contributed by atoms with Crippen LogP contribution in [0.3, 0.4) is 0 Å². The van der Waals surface area contributed by atoms with Crippen LogP contribution in [0.4, 0.5) is 0 Å². The number of H-pyrrole nitrogens is 1. The largest absolute Gasteiger partial charge is 0.361 e. The third kappa shape index (κ3) is 2.63. The number of rotatable bonds is 3. The van der Waals surface area contributed by atoms with Gasteiger partial charge < -0.3 is 10.3 Å². The van der Waals surface area contributed by atoms with E-state index in [2.05, 4.69) is 45.5 Å². The van der Waals surface area contributed by atoms with Gasteiger partial charge in [0.25, 0.3) is 0 Å². The summed E-state index contributed by atoms with van der Waals surface area (Å²) >= 11 is 0. The molecule has 1 saturated heterocycles. The van der Waals surface area contributed by atoms with Gasteiger partial charge in [-0.1, -0.05) is 24.3 Å². The van der Waals surface area contributed by atoms with Crippen LogP contribution in [0.25, 0.3) is 11.3 Å². The summed E-state index contributed by atoms with van der Waals surface area (Å²) in [4.78, 5) is 5.74. The summed E-state index contributed by atoms with van der Waals surface area (Å²) in [6, 6.07) is 13.0. The van der Waals surface area contributed by atoms with Crippen molar-refractivity contribution >= 4 is 0 Å². The highest BCUT2D eigenvalue weighted by Crippen LogP contribution is 2.18. The first-order chi connectivity index (χ1) is 8.92. The Hall–Kier alpha value is -1.58. The average Bonchev–Trinajstić information content (AvgIpc) is 2.95. The van der Waals surface area contributed by atoms with Gasteiger partial charge in [0.05, 0.1) is 0 Å². The van der Waals surface area contributed by atoms with E-state index >= 15 is 0 Å². The van der Waals surface area contributed by atoms with Crippen molar-refractivity contribution in [1.29, 1.82) is 0 Å². The summed E-state index contributed by atoms with van der Waals surface area (Å²) in [6.07, 6.45) is 1.96. The van der Waals surface area contributed by atoms with Crippen molar-refractivity contribution in [1.82, 2.24) is 15.2 Å². The van der Waals surface area contributed by atoms with Crippen molar-refractivity contribution in [3.63, 3.8) is 0 Å². The number of piperazine rings is 1. The minimum Gasteiger partial charge on any atom is -0.361 e. The molecular weight excluding hydrogens is 222 g/mol. The SMILES string of the molecule is c1c[nH]c(-c2ccc(CN3CCNCC3)cc2)c1. The molecular formula is C15H19N3. The maximum Gasteiger partial charge on any atom is 0.0453 e. The van der Waals surface area contributed by atoms with E-state index in [4.69, 9.17) is 0 Å². The molecule has 2 aromatic rings. The van der Waals surface area contributed by atoms with E-state index < -0.39 is 0 Å². The lowest BCUT2D eigenvalue weighted by Crippen LogP contribution is -2.42. The zero-order valence-corrected chi connectivity index (χ0v) is 10.5. The first-order valence-corrected chi connectivity index (χ1v) is 6.57. The molecule has 2 heterocycles. The molecule has 0 radical (unpaired) electrons. The van der Waals surface area contributed by atoms with Crippen LogP contribution in [-0.4, -0.2) is 36.1 Å². The molecule has 0 atom stereocenters. The van der Waals surface area contributed by atoms with Gasteiger partial charge in [0, 0.05) is 44.6 Å². The zero-order chi connectivity index (χ0) is 12.2. The second kappa shape index (κ2) is 5.38. The fourth-order valence-electron chi connectivity index (χ4n) is 2.43. The molecule has 1 fully saturated rings. The third-order valence-corrected chi connectivity index (χ3v) is 3.48. The first kappa shape index (κ1) is 11.5. The topological polar surface area (TPSA) is 31.1 Å².